The fourth-order valence-electron chi connectivity index (χ4n) is 2.85. The van der Waals surface area contributed by atoms with Crippen LogP contribution in [0.25, 0.3) is 17.0 Å². The number of carbonyl (C=O) groups excluding carboxylic acids is 1. The quantitative estimate of drug-likeness (QED) is 0.680. The molecule has 3 rings (SSSR count). The molecule has 0 saturated carbocycles. The summed E-state index contributed by atoms with van der Waals surface area (Å²) >= 11 is 0. The van der Waals surface area contributed by atoms with Gasteiger partial charge >= 0.3 is 0 Å². The van der Waals surface area contributed by atoms with Crippen LogP contribution in [0.4, 0.5) is 5.69 Å². The Morgan fingerprint density at radius 3 is 2.81 bits per heavy atom. The highest BCUT2D eigenvalue weighted by molar-refractivity contribution is 6.04. The van der Waals surface area contributed by atoms with E-state index in [0.717, 1.165) is 16.5 Å². The van der Waals surface area contributed by atoms with E-state index in [9.17, 15) is 4.79 Å². The van der Waals surface area contributed by atoms with Crippen molar-refractivity contribution in [3.8, 4) is 11.8 Å². The van der Waals surface area contributed by atoms with Gasteiger partial charge in [0.25, 0.3) is 0 Å². The first kappa shape index (κ1) is 17.3. The maximum Gasteiger partial charge on any atom is 0.248 e. The maximum atomic E-state index is 12.3. The van der Waals surface area contributed by atoms with Crippen molar-refractivity contribution in [3.05, 3.63) is 66.4 Å². The van der Waals surface area contributed by atoms with Crippen LogP contribution in [0.3, 0.4) is 0 Å². The largest absolute Gasteiger partial charge is 0.495 e. The van der Waals surface area contributed by atoms with Gasteiger partial charge in [0.1, 0.15) is 5.75 Å². The lowest BCUT2D eigenvalue weighted by Crippen LogP contribution is -2.08. The first-order valence-corrected chi connectivity index (χ1v) is 8.30. The van der Waals surface area contributed by atoms with Crippen molar-refractivity contribution in [2.75, 3.05) is 12.4 Å². The van der Waals surface area contributed by atoms with Crippen LogP contribution in [-0.4, -0.2) is 17.6 Å². The van der Waals surface area contributed by atoms with E-state index < -0.39 is 0 Å². The summed E-state index contributed by atoms with van der Waals surface area (Å²) in [6.07, 6.45) is 5.70. The Balaban J connectivity index is 1.82. The molecule has 0 fully saturated rings. The van der Waals surface area contributed by atoms with Crippen LogP contribution in [0.2, 0.25) is 0 Å². The second-order valence-electron chi connectivity index (χ2n) is 5.73. The molecular formula is C21H19N3O2. The number of nitrogens with zero attached hydrogens (tertiary/aromatic N) is 2. The summed E-state index contributed by atoms with van der Waals surface area (Å²) in [6, 6.07) is 17.4. The van der Waals surface area contributed by atoms with Gasteiger partial charge in [0.15, 0.2) is 0 Å². The summed E-state index contributed by atoms with van der Waals surface area (Å²) in [5.41, 5.74) is 2.61. The van der Waals surface area contributed by atoms with E-state index in [1.165, 1.54) is 6.08 Å². The van der Waals surface area contributed by atoms with Crippen LogP contribution in [0.1, 0.15) is 12.0 Å². The van der Waals surface area contributed by atoms with Gasteiger partial charge < -0.3 is 14.6 Å². The number of aromatic nitrogens is 1. The summed E-state index contributed by atoms with van der Waals surface area (Å²) in [5, 5.41) is 12.7. The van der Waals surface area contributed by atoms with Gasteiger partial charge in [-0.3, -0.25) is 4.79 Å². The molecule has 0 unspecified atom stereocenters. The topological polar surface area (TPSA) is 67.0 Å². The van der Waals surface area contributed by atoms with Crippen molar-refractivity contribution >= 4 is 28.6 Å². The molecule has 1 amide bonds. The van der Waals surface area contributed by atoms with Crippen molar-refractivity contribution in [1.29, 1.82) is 5.26 Å². The fraction of sp³-hybridized carbons (Fsp3) is 0.143. The summed E-state index contributed by atoms with van der Waals surface area (Å²) in [5.74, 6) is 0.380. The lowest BCUT2D eigenvalue weighted by atomic mass is 10.1. The highest BCUT2D eigenvalue weighted by atomic mass is 16.5. The van der Waals surface area contributed by atoms with Crippen molar-refractivity contribution in [2.45, 2.75) is 13.0 Å². The maximum absolute atomic E-state index is 12.3. The number of carbonyl (C=O) groups is 1. The zero-order valence-corrected chi connectivity index (χ0v) is 14.5. The zero-order valence-electron chi connectivity index (χ0n) is 14.5. The number of hydrogen-bond donors (Lipinski definition) is 1. The second kappa shape index (κ2) is 8.04. The molecule has 5 heteroatoms. The van der Waals surface area contributed by atoms with Crippen molar-refractivity contribution in [2.24, 2.45) is 0 Å². The molecule has 1 aromatic heterocycles. The zero-order chi connectivity index (χ0) is 18.4. The Hall–Kier alpha value is -3.52. The van der Waals surface area contributed by atoms with Crippen LogP contribution in [0, 0.1) is 11.3 Å². The van der Waals surface area contributed by atoms with E-state index in [1.54, 1.807) is 25.3 Å². The minimum Gasteiger partial charge on any atom is -0.495 e. The molecule has 0 aliphatic heterocycles. The van der Waals surface area contributed by atoms with Gasteiger partial charge in [-0.05, 0) is 24.3 Å². The van der Waals surface area contributed by atoms with E-state index in [-0.39, 0.29) is 5.91 Å². The minimum absolute atomic E-state index is 0.233. The van der Waals surface area contributed by atoms with Crippen molar-refractivity contribution < 1.29 is 9.53 Å². The molecule has 2 aromatic carbocycles. The van der Waals surface area contributed by atoms with E-state index in [0.29, 0.717) is 24.4 Å². The highest BCUT2D eigenvalue weighted by Crippen LogP contribution is 2.24. The minimum atomic E-state index is -0.233. The summed E-state index contributed by atoms with van der Waals surface area (Å²) in [6.45, 7) is 0.623. The first-order chi connectivity index (χ1) is 12.7. The number of nitriles is 1. The van der Waals surface area contributed by atoms with E-state index in [1.807, 2.05) is 47.2 Å². The van der Waals surface area contributed by atoms with Crippen LogP contribution in [0.15, 0.2) is 60.8 Å². The fourth-order valence-corrected chi connectivity index (χ4v) is 2.85. The third kappa shape index (κ3) is 3.76. The molecule has 0 aliphatic carbocycles. The number of nitrogens with one attached hydrogen (secondary N) is 1. The van der Waals surface area contributed by atoms with Crippen molar-refractivity contribution in [3.63, 3.8) is 0 Å². The summed E-state index contributed by atoms with van der Waals surface area (Å²) in [7, 11) is 1.57. The Labute approximate surface area is 152 Å². The average Bonchev–Trinajstić information content (AvgIpc) is 3.03. The summed E-state index contributed by atoms with van der Waals surface area (Å²) < 4.78 is 7.28. The molecule has 1 heterocycles. The standard InChI is InChI=1S/C21H19N3O2/c1-26-20-10-5-3-8-18(20)23-21(25)12-11-16-15-24(14-6-13-22)19-9-4-2-7-17(16)19/h2-5,7-12,15H,6,14H2,1H3,(H,23,25)/b12-11+. The van der Waals surface area contributed by atoms with Crippen LogP contribution in [0.5, 0.6) is 5.75 Å². The number of para-hydroxylation sites is 3. The number of ether oxygens (including phenoxy) is 1. The number of amides is 1. The first-order valence-electron chi connectivity index (χ1n) is 8.30. The monoisotopic (exact) mass is 345 g/mol. The Bertz CT molecular complexity index is 996. The molecule has 0 radical (unpaired) electrons. The molecule has 0 atom stereocenters. The smallest absolute Gasteiger partial charge is 0.248 e. The average molecular weight is 345 g/mol. The summed E-state index contributed by atoms with van der Waals surface area (Å²) in [4.78, 5) is 12.3. The van der Waals surface area contributed by atoms with Crippen molar-refractivity contribution in [1.82, 2.24) is 4.57 Å². The molecule has 1 N–H and O–H groups in total. The molecule has 0 aliphatic rings. The van der Waals surface area contributed by atoms with Gasteiger partial charge in [-0.1, -0.05) is 30.3 Å². The number of hydrogen-bond acceptors (Lipinski definition) is 3. The van der Waals surface area contributed by atoms with Crippen LogP contribution < -0.4 is 10.1 Å². The van der Waals surface area contributed by atoms with Crippen LogP contribution in [-0.2, 0) is 11.3 Å². The molecule has 26 heavy (non-hydrogen) atoms. The van der Waals surface area contributed by atoms with Gasteiger partial charge in [-0.2, -0.15) is 5.26 Å². The van der Waals surface area contributed by atoms with Gasteiger partial charge in [0, 0.05) is 35.3 Å². The highest BCUT2D eigenvalue weighted by Gasteiger charge is 2.07. The van der Waals surface area contributed by atoms with E-state index in [2.05, 4.69) is 11.4 Å². The third-order valence-corrected chi connectivity index (χ3v) is 4.06. The number of benzene rings is 2. The normalized spacial score (nSPS) is 10.8. The predicted octanol–water partition coefficient (Wildman–Crippen LogP) is 4.22. The number of fused-ring (bicyclic) bond motifs is 1. The number of aryl methyl sites for hydroxylation is 1. The molecular weight excluding hydrogens is 326 g/mol. The molecule has 0 saturated heterocycles. The van der Waals surface area contributed by atoms with Gasteiger partial charge in [0.2, 0.25) is 5.91 Å². The molecule has 3 aromatic rings. The molecule has 0 spiro atoms. The number of methoxy groups -OCH3 is 1. The SMILES string of the molecule is COc1ccccc1NC(=O)/C=C/c1cn(CCC#N)c2ccccc12. The van der Waals surface area contributed by atoms with E-state index >= 15 is 0 Å². The van der Waals surface area contributed by atoms with Gasteiger partial charge in [-0.25, -0.2) is 0 Å². The van der Waals surface area contributed by atoms with Crippen LogP contribution >= 0.6 is 0 Å². The van der Waals surface area contributed by atoms with Gasteiger partial charge in [-0.15, -0.1) is 0 Å². The Morgan fingerprint density at radius 1 is 1.23 bits per heavy atom. The molecule has 130 valence electrons. The lowest BCUT2D eigenvalue weighted by molar-refractivity contribution is -0.111. The molecule has 0 bridgehead atoms. The molecule has 5 nitrogen and oxygen atoms in total. The number of anilines is 1. The third-order valence-electron chi connectivity index (χ3n) is 4.06. The Morgan fingerprint density at radius 2 is 2.00 bits per heavy atom. The predicted molar refractivity (Wildman–Crippen MR) is 103 cm³/mol. The van der Waals surface area contributed by atoms with Gasteiger partial charge in [0.05, 0.1) is 25.3 Å². The second-order valence-corrected chi connectivity index (χ2v) is 5.73. The Kier molecular flexibility index (Phi) is 5.35. The number of rotatable bonds is 6. The van der Waals surface area contributed by atoms with E-state index in [4.69, 9.17) is 10.00 Å². The lowest BCUT2D eigenvalue weighted by Gasteiger charge is -2.07.